The first-order valence-corrected chi connectivity index (χ1v) is 5.87. The van der Waals surface area contributed by atoms with Gasteiger partial charge >= 0.3 is 5.97 Å². The van der Waals surface area contributed by atoms with Crippen molar-refractivity contribution < 1.29 is 14.6 Å². The van der Waals surface area contributed by atoms with Crippen LogP contribution >= 0.6 is 24.8 Å². The number of benzene rings is 1. The highest BCUT2D eigenvalue weighted by molar-refractivity contribution is 5.85. The van der Waals surface area contributed by atoms with Gasteiger partial charge in [0, 0.05) is 6.54 Å². The molecule has 1 unspecified atom stereocenters. The van der Waals surface area contributed by atoms with Crippen molar-refractivity contribution in [3.05, 3.63) is 29.8 Å². The van der Waals surface area contributed by atoms with Crippen molar-refractivity contribution in [2.75, 3.05) is 13.1 Å². The van der Waals surface area contributed by atoms with Crippen molar-refractivity contribution in [1.82, 2.24) is 5.32 Å². The number of carboxylic acids is 1. The molecule has 0 aromatic heterocycles. The highest BCUT2D eigenvalue weighted by Crippen LogP contribution is 2.21. The number of nitrogens with one attached hydrogen (secondary N) is 1. The summed E-state index contributed by atoms with van der Waals surface area (Å²) in [6.07, 6.45) is 1.26. The molecule has 2 rings (SSSR count). The number of halogens is 2. The predicted octanol–water partition coefficient (Wildman–Crippen LogP) is 2.46. The van der Waals surface area contributed by atoms with E-state index >= 15 is 0 Å². The minimum Gasteiger partial charge on any atom is -0.489 e. The minimum absolute atomic E-state index is 0. The van der Waals surface area contributed by atoms with E-state index in [-0.39, 0.29) is 30.9 Å². The minimum atomic E-state index is -0.807. The molecule has 2 N–H and O–H groups in total. The topological polar surface area (TPSA) is 58.6 Å². The van der Waals surface area contributed by atoms with Gasteiger partial charge < -0.3 is 15.2 Å². The molecule has 4 nitrogen and oxygen atoms in total. The first-order valence-electron chi connectivity index (χ1n) is 5.87. The molecular weight excluding hydrogens is 289 g/mol. The fourth-order valence-electron chi connectivity index (χ4n) is 1.90. The van der Waals surface area contributed by atoms with Crippen molar-refractivity contribution in [2.24, 2.45) is 0 Å². The van der Waals surface area contributed by atoms with E-state index in [2.05, 4.69) is 5.32 Å². The van der Waals surface area contributed by atoms with Gasteiger partial charge in [0.2, 0.25) is 0 Å². The molecule has 0 bridgehead atoms. The van der Waals surface area contributed by atoms with Crippen LogP contribution in [0, 0.1) is 0 Å². The number of hydrogen-bond donors (Lipinski definition) is 2. The fourth-order valence-corrected chi connectivity index (χ4v) is 1.90. The van der Waals surface area contributed by atoms with Crippen LogP contribution in [0.15, 0.2) is 24.3 Å². The molecule has 108 valence electrons. The van der Waals surface area contributed by atoms with Crippen molar-refractivity contribution >= 4 is 30.8 Å². The Balaban J connectivity index is 0.00000162. The van der Waals surface area contributed by atoms with Crippen LogP contribution in [0.25, 0.3) is 0 Å². The monoisotopic (exact) mass is 307 g/mol. The van der Waals surface area contributed by atoms with Crippen LogP contribution in [0.3, 0.4) is 0 Å². The van der Waals surface area contributed by atoms with Crippen LogP contribution in [-0.2, 0) is 4.79 Å². The summed E-state index contributed by atoms with van der Waals surface area (Å²) in [6.45, 7) is 3.56. The fraction of sp³-hybridized carbons (Fsp3) is 0.462. The average molecular weight is 308 g/mol. The van der Waals surface area contributed by atoms with Crippen molar-refractivity contribution in [1.29, 1.82) is 0 Å². The maximum atomic E-state index is 10.8. The van der Waals surface area contributed by atoms with E-state index in [0.717, 1.165) is 30.8 Å². The number of aliphatic carboxylic acids is 1. The molecule has 1 fully saturated rings. The van der Waals surface area contributed by atoms with Gasteiger partial charge in [0.15, 0.2) is 0 Å². The predicted molar refractivity (Wildman–Crippen MR) is 78.9 cm³/mol. The Morgan fingerprint density at radius 2 is 2.00 bits per heavy atom. The molecule has 1 heterocycles. The second-order valence-electron chi connectivity index (χ2n) is 4.36. The van der Waals surface area contributed by atoms with E-state index in [1.807, 2.05) is 24.3 Å². The van der Waals surface area contributed by atoms with Crippen LogP contribution in [0.1, 0.15) is 24.8 Å². The van der Waals surface area contributed by atoms with E-state index in [4.69, 9.17) is 9.84 Å². The van der Waals surface area contributed by atoms with E-state index in [0.29, 0.717) is 0 Å². The number of rotatable bonds is 4. The first-order chi connectivity index (χ1) is 8.16. The molecule has 0 spiro atoms. The highest BCUT2D eigenvalue weighted by Gasteiger charge is 2.17. The van der Waals surface area contributed by atoms with Gasteiger partial charge in [0.05, 0.1) is 5.92 Å². The summed E-state index contributed by atoms with van der Waals surface area (Å²) in [4.78, 5) is 10.8. The molecule has 19 heavy (non-hydrogen) atoms. The third-order valence-corrected chi connectivity index (χ3v) is 3.07. The van der Waals surface area contributed by atoms with E-state index in [9.17, 15) is 4.79 Å². The van der Waals surface area contributed by atoms with Crippen molar-refractivity contribution in [2.45, 2.75) is 25.4 Å². The van der Waals surface area contributed by atoms with Gasteiger partial charge in [0.25, 0.3) is 0 Å². The normalized spacial score (nSPS) is 18.9. The SMILES string of the molecule is CC(C(=O)O)c1ccc(O[C@H]2CCNC2)cc1.Cl.Cl. The summed E-state index contributed by atoms with van der Waals surface area (Å²) in [5.41, 5.74) is 0.800. The smallest absolute Gasteiger partial charge is 0.310 e. The summed E-state index contributed by atoms with van der Waals surface area (Å²) in [5, 5.41) is 12.1. The molecule has 1 aromatic rings. The molecule has 1 aliphatic heterocycles. The Bertz CT molecular complexity index is 391. The molecular formula is C13H19Cl2NO3. The maximum absolute atomic E-state index is 10.8. The molecule has 0 saturated carbocycles. The van der Waals surface area contributed by atoms with E-state index in [1.54, 1.807) is 6.92 Å². The Hall–Kier alpha value is -0.970. The summed E-state index contributed by atoms with van der Waals surface area (Å²) in [6, 6.07) is 7.31. The van der Waals surface area contributed by atoms with Gasteiger partial charge in [-0.2, -0.15) is 0 Å². The molecule has 0 radical (unpaired) electrons. The Kier molecular flexibility index (Phi) is 7.83. The summed E-state index contributed by atoms with van der Waals surface area (Å²) < 4.78 is 5.76. The van der Waals surface area contributed by atoms with Crippen molar-refractivity contribution in [3.63, 3.8) is 0 Å². The molecule has 0 aliphatic carbocycles. The summed E-state index contributed by atoms with van der Waals surface area (Å²) in [7, 11) is 0. The number of ether oxygens (including phenoxy) is 1. The highest BCUT2D eigenvalue weighted by atomic mass is 35.5. The number of carbonyl (C=O) groups is 1. The number of carboxylic acid groups (broad SMARTS) is 1. The Labute approximate surface area is 125 Å². The van der Waals surface area contributed by atoms with Gasteiger partial charge in [0.1, 0.15) is 11.9 Å². The van der Waals surface area contributed by atoms with E-state index < -0.39 is 11.9 Å². The van der Waals surface area contributed by atoms with Gasteiger partial charge in [-0.05, 0) is 37.6 Å². The Morgan fingerprint density at radius 3 is 2.47 bits per heavy atom. The van der Waals surface area contributed by atoms with Crippen LogP contribution in [-0.4, -0.2) is 30.3 Å². The van der Waals surface area contributed by atoms with Gasteiger partial charge in [-0.3, -0.25) is 4.79 Å². The standard InChI is InChI=1S/C13H17NO3.2ClH/c1-9(13(15)16)10-2-4-11(5-3-10)17-12-6-7-14-8-12;;/h2-5,9,12,14H,6-8H2,1H3,(H,15,16);2*1H/t9?,12-;;/m0../s1. The van der Waals surface area contributed by atoms with Gasteiger partial charge in [-0.15, -0.1) is 24.8 Å². The lowest BCUT2D eigenvalue weighted by Crippen LogP contribution is -2.19. The third kappa shape index (κ3) is 4.90. The average Bonchev–Trinajstić information content (AvgIpc) is 2.82. The van der Waals surface area contributed by atoms with Crippen molar-refractivity contribution in [3.8, 4) is 5.75 Å². The quantitative estimate of drug-likeness (QED) is 0.897. The molecule has 1 aromatic carbocycles. The summed E-state index contributed by atoms with van der Waals surface area (Å²) in [5.74, 6) is -0.476. The van der Waals surface area contributed by atoms with Gasteiger partial charge in [-0.1, -0.05) is 12.1 Å². The lowest BCUT2D eigenvalue weighted by molar-refractivity contribution is -0.138. The molecule has 6 heteroatoms. The lowest BCUT2D eigenvalue weighted by atomic mass is 10.0. The second kappa shape index (κ2) is 8.25. The zero-order valence-corrected chi connectivity index (χ0v) is 12.3. The largest absolute Gasteiger partial charge is 0.489 e. The second-order valence-corrected chi connectivity index (χ2v) is 4.36. The Morgan fingerprint density at radius 1 is 1.37 bits per heavy atom. The number of hydrogen-bond acceptors (Lipinski definition) is 3. The lowest BCUT2D eigenvalue weighted by Gasteiger charge is -2.13. The molecule has 1 aliphatic rings. The summed E-state index contributed by atoms with van der Waals surface area (Å²) >= 11 is 0. The van der Waals surface area contributed by atoms with Gasteiger partial charge in [-0.25, -0.2) is 0 Å². The molecule has 2 atom stereocenters. The van der Waals surface area contributed by atoms with Crippen LogP contribution in [0.2, 0.25) is 0 Å². The third-order valence-electron chi connectivity index (χ3n) is 3.07. The first kappa shape index (κ1) is 18.0. The van der Waals surface area contributed by atoms with E-state index in [1.165, 1.54) is 0 Å². The molecule has 0 amide bonds. The maximum Gasteiger partial charge on any atom is 0.310 e. The zero-order valence-electron chi connectivity index (χ0n) is 10.7. The van der Waals surface area contributed by atoms with Crippen LogP contribution in [0.5, 0.6) is 5.75 Å². The molecule has 1 saturated heterocycles. The zero-order chi connectivity index (χ0) is 12.3. The van der Waals surface area contributed by atoms with Crippen LogP contribution in [0.4, 0.5) is 0 Å². The van der Waals surface area contributed by atoms with Crippen LogP contribution < -0.4 is 10.1 Å².